The van der Waals surface area contributed by atoms with Crippen molar-refractivity contribution in [3.05, 3.63) is 24.5 Å². The van der Waals surface area contributed by atoms with E-state index in [2.05, 4.69) is 33.8 Å². The molecule has 2 aromatic rings. The van der Waals surface area contributed by atoms with E-state index in [1.165, 1.54) is 0 Å². The molecule has 0 saturated heterocycles. The van der Waals surface area contributed by atoms with E-state index in [4.69, 9.17) is 0 Å². The molecular formula is C11H16IN5. The van der Waals surface area contributed by atoms with Gasteiger partial charge < -0.3 is 24.0 Å². The van der Waals surface area contributed by atoms with Crippen LogP contribution in [0.2, 0.25) is 0 Å². The van der Waals surface area contributed by atoms with E-state index in [-0.39, 0.29) is 24.0 Å². The van der Waals surface area contributed by atoms with E-state index in [9.17, 15) is 0 Å². The van der Waals surface area contributed by atoms with Crippen molar-refractivity contribution in [2.45, 2.75) is 33.4 Å². The molecule has 0 unspecified atom stereocenters. The molecule has 0 aliphatic rings. The lowest BCUT2D eigenvalue weighted by Gasteiger charge is -2.00. The Morgan fingerprint density at radius 2 is 2.18 bits per heavy atom. The molecule has 2 aromatic heterocycles. The quantitative estimate of drug-likeness (QED) is 0.489. The van der Waals surface area contributed by atoms with Gasteiger partial charge in [0.2, 0.25) is 5.82 Å². The summed E-state index contributed by atoms with van der Waals surface area (Å²) in [5.74, 6) is 0.678. The Morgan fingerprint density at radius 3 is 2.76 bits per heavy atom. The maximum Gasteiger partial charge on any atom is 0.210 e. The van der Waals surface area contributed by atoms with Crippen LogP contribution < -0.4 is 28.5 Å². The van der Waals surface area contributed by atoms with Gasteiger partial charge in [-0.25, -0.2) is 4.57 Å². The highest BCUT2D eigenvalue weighted by molar-refractivity contribution is 5.50. The Bertz CT molecular complexity index is 480. The molecular weight excluding hydrogens is 329 g/mol. The highest BCUT2D eigenvalue weighted by atomic mass is 127. The van der Waals surface area contributed by atoms with Crippen molar-refractivity contribution in [1.29, 1.82) is 0 Å². The van der Waals surface area contributed by atoms with Gasteiger partial charge in [0.05, 0.1) is 12.1 Å². The van der Waals surface area contributed by atoms with Crippen LogP contribution in [0, 0.1) is 0 Å². The van der Waals surface area contributed by atoms with Crippen molar-refractivity contribution >= 4 is 0 Å². The minimum Gasteiger partial charge on any atom is -1.00 e. The van der Waals surface area contributed by atoms with Crippen LogP contribution in [-0.4, -0.2) is 20.2 Å². The van der Waals surface area contributed by atoms with Gasteiger partial charge >= 0.3 is 0 Å². The summed E-state index contributed by atoms with van der Waals surface area (Å²) in [5, 5.41) is 12.3. The molecule has 0 aliphatic carbocycles. The molecule has 0 N–H and O–H groups in total. The van der Waals surface area contributed by atoms with Gasteiger partial charge in [0.15, 0.2) is 18.4 Å². The number of halogens is 1. The molecule has 2 heterocycles. The van der Waals surface area contributed by atoms with Gasteiger partial charge in [-0.1, -0.05) is 0 Å². The fourth-order valence-corrected chi connectivity index (χ4v) is 1.44. The Kier molecular flexibility index (Phi) is 4.98. The number of aromatic nitrogens is 5. The van der Waals surface area contributed by atoms with Crippen LogP contribution in [0.1, 0.15) is 26.8 Å². The predicted molar refractivity (Wildman–Crippen MR) is 59.5 cm³/mol. The van der Waals surface area contributed by atoms with E-state index < -0.39 is 0 Å². The van der Waals surface area contributed by atoms with Gasteiger partial charge in [-0.15, -0.1) is 10.2 Å². The summed E-state index contributed by atoms with van der Waals surface area (Å²) in [6, 6.07) is 4.43. The molecule has 0 bridgehead atoms. The summed E-state index contributed by atoms with van der Waals surface area (Å²) in [5.41, 5.74) is 0.996. The maximum atomic E-state index is 4.28. The highest BCUT2D eigenvalue weighted by Gasteiger charge is 2.11. The largest absolute Gasteiger partial charge is 1.00 e. The first-order valence-corrected chi connectivity index (χ1v) is 5.49. The number of aryl methyl sites for hydroxylation is 1. The fourth-order valence-electron chi connectivity index (χ4n) is 1.44. The van der Waals surface area contributed by atoms with Crippen molar-refractivity contribution in [2.24, 2.45) is 0 Å². The Hall–Kier alpha value is -1.05. The van der Waals surface area contributed by atoms with Crippen LogP contribution in [0.3, 0.4) is 0 Å². The molecule has 0 amide bonds. The first-order chi connectivity index (χ1) is 7.70. The molecule has 0 atom stereocenters. The van der Waals surface area contributed by atoms with Crippen molar-refractivity contribution < 1.29 is 28.5 Å². The highest BCUT2D eigenvalue weighted by Crippen LogP contribution is 2.10. The summed E-state index contributed by atoms with van der Waals surface area (Å²) in [4.78, 5) is 1.59. The molecule has 0 aliphatic heterocycles. The number of nitrogens with zero attached hydrogens (tertiary/aromatic N) is 5. The van der Waals surface area contributed by atoms with E-state index in [1.54, 1.807) is 4.80 Å². The predicted octanol–water partition coefficient (Wildman–Crippen LogP) is -1.77. The second-order valence-corrected chi connectivity index (χ2v) is 3.94. The monoisotopic (exact) mass is 345 g/mol. The zero-order valence-corrected chi connectivity index (χ0v) is 12.4. The van der Waals surface area contributed by atoms with Gasteiger partial charge in [0, 0.05) is 6.07 Å². The third-order valence-corrected chi connectivity index (χ3v) is 2.41. The fraction of sp³-hybridized carbons (Fsp3) is 0.455. The average Bonchev–Trinajstić information content (AvgIpc) is 2.77. The van der Waals surface area contributed by atoms with Crippen molar-refractivity contribution in [1.82, 2.24) is 20.2 Å². The van der Waals surface area contributed by atoms with Crippen LogP contribution >= 0.6 is 0 Å². The number of pyridine rings is 1. The Labute approximate surface area is 118 Å². The van der Waals surface area contributed by atoms with E-state index in [0.29, 0.717) is 11.9 Å². The molecule has 0 fully saturated rings. The average molecular weight is 345 g/mol. The van der Waals surface area contributed by atoms with Gasteiger partial charge in [-0.3, -0.25) is 0 Å². The van der Waals surface area contributed by atoms with Crippen LogP contribution in [0.5, 0.6) is 0 Å². The zero-order valence-electron chi connectivity index (χ0n) is 10.2. The number of hydrogen-bond donors (Lipinski definition) is 0. The normalized spacial score (nSPS) is 10.4. The SMILES string of the molecule is CCn1nnc(-c2ccc[n+](C(C)C)c2)n1.[I-]. The summed E-state index contributed by atoms with van der Waals surface area (Å²) < 4.78 is 2.13. The molecule has 0 aromatic carbocycles. The van der Waals surface area contributed by atoms with Gasteiger partial charge in [0.25, 0.3) is 0 Å². The van der Waals surface area contributed by atoms with Gasteiger partial charge in [-0.05, 0) is 32.1 Å². The summed E-state index contributed by atoms with van der Waals surface area (Å²) in [6.07, 6.45) is 4.08. The maximum absolute atomic E-state index is 4.28. The van der Waals surface area contributed by atoms with Gasteiger partial charge in [0.1, 0.15) is 0 Å². The number of hydrogen-bond acceptors (Lipinski definition) is 3. The second kappa shape index (κ2) is 6.04. The number of tetrazole rings is 1. The first kappa shape index (κ1) is 14.0. The van der Waals surface area contributed by atoms with Crippen molar-refractivity contribution in [3.8, 4) is 11.4 Å². The molecule has 0 saturated carbocycles. The summed E-state index contributed by atoms with van der Waals surface area (Å²) in [7, 11) is 0. The molecule has 0 radical (unpaired) electrons. The van der Waals surface area contributed by atoms with Crippen LogP contribution in [0.4, 0.5) is 0 Å². The number of rotatable bonds is 3. The Morgan fingerprint density at radius 1 is 1.41 bits per heavy atom. The van der Waals surface area contributed by atoms with E-state index in [0.717, 1.165) is 12.1 Å². The summed E-state index contributed by atoms with van der Waals surface area (Å²) >= 11 is 0. The molecule has 2 rings (SSSR count). The minimum atomic E-state index is 0. The van der Waals surface area contributed by atoms with Crippen molar-refractivity contribution in [2.75, 3.05) is 0 Å². The van der Waals surface area contributed by atoms with Crippen LogP contribution in [0.25, 0.3) is 11.4 Å². The van der Waals surface area contributed by atoms with Crippen LogP contribution in [0.15, 0.2) is 24.5 Å². The molecule has 17 heavy (non-hydrogen) atoms. The molecule has 92 valence electrons. The zero-order chi connectivity index (χ0) is 11.5. The topological polar surface area (TPSA) is 47.5 Å². The third-order valence-electron chi connectivity index (χ3n) is 2.41. The van der Waals surface area contributed by atoms with Crippen LogP contribution in [-0.2, 0) is 6.54 Å². The standard InChI is InChI=1S/C11H16N5.HI/c1-4-16-13-11(12-14-16)10-6-5-7-15(8-10)9(2)3;/h5-9H,4H2,1-3H3;1H/q+1;/p-1. The summed E-state index contributed by atoms with van der Waals surface area (Å²) in [6.45, 7) is 7.01. The lowest BCUT2D eigenvalue weighted by atomic mass is 10.2. The second-order valence-electron chi connectivity index (χ2n) is 3.94. The minimum absolute atomic E-state index is 0. The molecule has 0 spiro atoms. The molecule has 5 nitrogen and oxygen atoms in total. The van der Waals surface area contributed by atoms with E-state index in [1.807, 2.05) is 31.5 Å². The van der Waals surface area contributed by atoms with Gasteiger partial charge in [-0.2, -0.15) is 4.80 Å². The smallest absolute Gasteiger partial charge is 0.210 e. The lowest BCUT2D eigenvalue weighted by molar-refractivity contribution is -0.715. The van der Waals surface area contributed by atoms with E-state index >= 15 is 0 Å². The first-order valence-electron chi connectivity index (χ1n) is 5.49. The Balaban J connectivity index is 0.00000144. The molecule has 6 heteroatoms. The third kappa shape index (κ3) is 3.21. The lowest BCUT2D eigenvalue weighted by Crippen LogP contribution is -3.00. The van der Waals surface area contributed by atoms with Crippen molar-refractivity contribution in [3.63, 3.8) is 0 Å².